The number of aliphatic hydroxyl groups excluding tert-OH is 3. The van der Waals surface area contributed by atoms with Gasteiger partial charge in [-0.05, 0) is 57.4 Å². The van der Waals surface area contributed by atoms with E-state index in [-0.39, 0.29) is 74.0 Å². The highest BCUT2D eigenvalue weighted by atomic mass is 32.1. The zero-order chi connectivity index (χ0) is 44.0. The van der Waals surface area contributed by atoms with Crippen LogP contribution in [0.4, 0.5) is 0 Å². The Morgan fingerprint density at radius 1 is 0.712 bits per heavy atom. The highest BCUT2D eigenvalue weighted by molar-refractivity contribution is 7.80. The summed E-state index contributed by atoms with van der Waals surface area (Å²) in [6, 6.07) is 1.47. The van der Waals surface area contributed by atoms with Gasteiger partial charge in [0.15, 0.2) is 23.5 Å². The summed E-state index contributed by atoms with van der Waals surface area (Å²) in [5.41, 5.74) is 0.156. The lowest BCUT2D eigenvalue weighted by Gasteiger charge is -2.34. The van der Waals surface area contributed by atoms with Crippen LogP contribution in [0.15, 0.2) is 60.8 Å². The van der Waals surface area contributed by atoms with Crippen molar-refractivity contribution in [3.05, 3.63) is 85.6 Å². The van der Waals surface area contributed by atoms with E-state index in [0.29, 0.717) is 27.1 Å². The van der Waals surface area contributed by atoms with E-state index in [4.69, 9.17) is 12.6 Å². The van der Waals surface area contributed by atoms with Gasteiger partial charge in [0, 0.05) is 74.2 Å². The number of aromatic hydroxyl groups is 9. The number of thiol groups is 2. The summed E-state index contributed by atoms with van der Waals surface area (Å²) in [5.74, 6) is -8.48. The second-order valence-electron chi connectivity index (χ2n) is 14.4. The fourth-order valence-electron chi connectivity index (χ4n) is 7.40. The van der Waals surface area contributed by atoms with E-state index in [1.807, 2.05) is 0 Å². The third kappa shape index (κ3) is 6.14. The van der Waals surface area contributed by atoms with Gasteiger partial charge in [0.2, 0.25) is 5.75 Å². The van der Waals surface area contributed by atoms with Crippen LogP contribution in [-0.4, -0.2) is 84.9 Å². The molecule has 0 bridgehead atoms. The van der Waals surface area contributed by atoms with E-state index in [0.717, 1.165) is 0 Å². The van der Waals surface area contributed by atoms with Crippen molar-refractivity contribution in [2.45, 2.75) is 70.3 Å². The summed E-state index contributed by atoms with van der Waals surface area (Å²) in [7, 11) is 1.34. The number of phenols is 9. The lowest BCUT2D eigenvalue weighted by Crippen LogP contribution is -2.36. The molecule has 4 aromatic carbocycles. The molecule has 4 aromatic rings. The SMILES string of the molecule is C=C(O)/C(C)=C(O)\C(C1=NC(c2c(O)c(C)c(O)c(O)c2O)N(C)C(c2c(O)c(C)c(S)c(-c3c(O)c(C)c(O)c4c3Cc3c-4cc(O)c(C)c3S)c2O)=N1)=C(\O)CC. The van der Waals surface area contributed by atoms with Gasteiger partial charge in [-0.1, -0.05) is 13.5 Å². The van der Waals surface area contributed by atoms with E-state index >= 15 is 0 Å². The molecule has 0 spiro atoms. The number of phenolic OH excluding ortho intramolecular Hbond substituents is 9. The van der Waals surface area contributed by atoms with Crippen molar-refractivity contribution in [1.29, 1.82) is 0 Å². The van der Waals surface area contributed by atoms with Crippen molar-refractivity contribution >= 4 is 36.9 Å². The molecule has 0 saturated carbocycles. The quantitative estimate of drug-likeness (QED) is 0.0244. The molecule has 310 valence electrons. The third-order valence-corrected chi connectivity index (χ3v) is 12.3. The Bertz CT molecular complexity index is 2690. The molecule has 2 aliphatic rings. The van der Waals surface area contributed by atoms with Gasteiger partial charge < -0.3 is 66.2 Å². The number of aliphatic imine (C=N–C) groups is 2. The molecule has 1 aliphatic carbocycles. The number of hydrogen-bond donors (Lipinski definition) is 14. The van der Waals surface area contributed by atoms with Crippen molar-refractivity contribution in [3.8, 4) is 74.0 Å². The Hall–Kier alpha value is -6.46. The van der Waals surface area contributed by atoms with Crippen molar-refractivity contribution < 1.29 is 61.3 Å². The number of amidine groups is 2. The fraction of sp³-hybridized carbons (Fsp3) is 0.238. The molecule has 0 aromatic heterocycles. The average Bonchev–Trinajstić information content (AvgIpc) is 3.57. The van der Waals surface area contributed by atoms with Crippen LogP contribution < -0.4 is 0 Å². The van der Waals surface area contributed by atoms with Gasteiger partial charge in [0.05, 0.1) is 11.1 Å². The maximum atomic E-state index is 12.5. The minimum Gasteiger partial charge on any atom is -0.511 e. The van der Waals surface area contributed by atoms with Crippen molar-refractivity contribution in [2.24, 2.45) is 9.98 Å². The Kier molecular flexibility index (Phi) is 10.5. The molecule has 12 N–H and O–H groups in total. The molecule has 17 heteroatoms. The summed E-state index contributed by atoms with van der Waals surface area (Å²) < 4.78 is 0. The number of allylic oxidation sites excluding steroid dienone is 2. The zero-order valence-electron chi connectivity index (χ0n) is 32.9. The molecule has 1 unspecified atom stereocenters. The van der Waals surface area contributed by atoms with Crippen molar-refractivity contribution in [1.82, 2.24) is 4.90 Å². The molecule has 59 heavy (non-hydrogen) atoms. The Labute approximate surface area is 348 Å². The number of hydrogen-bond acceptors (Lipinski definition) is 17. The topological polar surface area (TPSA) is 271 Å². The van der Waals surface area contributed by atoms with Crippen LogP contribution >= 0.6 is 25.3 Å². The molecule has 1 aliphatic heterocycles. The Balaban J connectivity index is 1.74. The first kappa shape index (κ1) is 42.2. The van der Waals surface area contributed by atoms with Crippen LogP contribution in [0.25, 0.3) is 22.3 Å². The van der Waals surface area contributed by atoms with E-state index < -0.39 is 86.2 Å². The number of aliphatic hydroxyl groups is 3. The molecule has 0 fully saturated rings. The summed E-state index contributed by atoms with van der Waals surface area (Å²) in [4.78, 5) is 10.7. The van der Waals surface area contributed by atoms with Gasteiger partial charge in [-0.2, -0.15) is 0 Å². The first-order valence-electron chi connectivity index (χ1n) is 18.0. The van der Waals surface area contributed by atoms with Gasteiger partial charge >= 0.3 is 0 Å². The minimum absolute atomic E-state index is 0.00368. The second kappa shape index (κ2) is 14.7. The predicted molar refractivity (Wildman–Crippen MR) is 227 cm³/mol. The lowest BCUT2D eigenvalue weighted by molar-refractivity contribution is 0.320. The maximum absolute atomic E-state index is 12.5. The molecular formula is C42H43N3O12S2. The molecule has 0 amide bonds. The number of benzene rings is 4. The molecule has 0 saturated heterocycles. The molecular weight excluding hydrogens is 803 g/mol. The summed E-state index contributed by atoms with van der Waals surface area (Å²) in [5, 5.41) is 135. The second-order valence-corrected chi connectivity index (χ2v) is 15.3. The van der Waals surface area contributed by atoms with Gasteiger partial charge in [-0.15, -0.1) is 25.3 Å². The Morgan fingerprint density at radius 2 is 1.29 bits per heavy atom. The third-order valence-electron chi connectivity index (χ3n) is 11.1. The summed E-state index contributed by atoms with van der Waals surface area (Å²) in [6.45, 7) is 12.1. The van der Waals surface area contributed by atoms with Gasteiger partial charge in [-0.25, -0.2) is 9.98 Å². The fourth-order valence-corrected chi connectivity index (χ4v) is 8.04. The molecule has 1 heterocycles. The molecule has 0 radical (unpaired) electrons. The van der Waals surface area contributed by atoms with Crippen LogP contribution in [0.1, 0.15) is 70.9 Å². The highest BCUT2D eigenvalue weighted by Crippen LogP contribution is 2.59. The van der Waals surface area contributed by atoms with Crippen LogP contribution in [0, 0.1) is 27.7 Å². The lowest BCUT2D eigenvalue weighted by atomic mass is 9.88. The first-order valence-corrected chi connectivity index (χ1v) is 18.9. The number of rotatable bonds is 7. The summed E-state index contributed by atoms with van der Waals surface area (Å²) >= 11 is 9.34. The zero-order valence-corrected chi connectivity index (χ0v) is 34.7. The van der Waals surface area contributed by atoms with Crippen LogP contribution in [0.5, 0.6) is 51.7 Å². The number of nitrogens with zero attached hydrogens (tertiary/aromatic N) is 3. The van der Waals surface area contributed by atoms with Crippen LogP contribution in [0.2, 0.25) is 0 Å². The normalized spacial score (nSPS) is 15.6. The van der Waals surface area contributed by atoms with Gasteiger partial charge in [0.25, 0.3) is 0 Å². The average molecular weight is 846 g/mol. The van der Waals surface area contributed by atoms with Crippen LogP contribution in [-0.2, 0) is 6.42 Å². The van der Waals surface area contributed by atoms with Gasteiger partial charge in [0.1, 0.15) is 63.2 Å². The first-order chi connectivity index (χ1) is 27.5. The highest BCUT2D eigenvalue weighted by Gasteiger charge is 2.40. The van der Waals surface area contributed by atoms with Crippen LogP contribution in [0.3, 0.4) is 0 Å². The smallest absolute Gasteiger partial charge is 0.201 e. The predicted octanol–water partition coefficient (Wildman–Crippen LogP) is 8.00. The van der Waals surface area contributed by atoms with E-state index in [9.17, 15) is 61.3 Å². The van der Waals surface area contributed by atoms with E-state index in [1.165, 1.54) is 52.6 Å². The Morgan fingerprint density at radius 3 is 1.88 bits per heavy atom. The van der Waals surface area contributed by atoms with Crippen molar-refractivity contribution in [3.63, 3.8) is 0 Å². The maximum Gasteiger partial charge on any atom is 0.201 e. The largest absolute Gasteiger partial charge is 0.511 e. The summed E-state index contributed by atoms with van der Waals surface area (Å²) in [6.07, 6.45) is -1.73. The van der Waals surface area contributed by atoms with E-state index in [1.54, 1.807) is 6.92 Å². The van der Waals surface area contributed by atoms with E-state index in [2.05, 4.69) is 29.2 Å². The molecule has 6 rings (SSSR count). The molecule has 1 atom stereocenters. The minimum atomic E-state index is -1.67. The van der Waals surface area contributed by atoms with Crippen molar-refractivity contribution in [2.75, 3.05) is 7.05 Å². The monoisotopic (exact) mass is 845 g/mol. The number of fused-ring (bicyclic) bond motifs is 3. The standard InChI is InChI=1S/C42H43N3O12S2/c1-9-21(47)25(29(49)12(2)17(7)46)40-43-41(45(8)42(44-40)28-32(52)15(5)34(54)37(57)36(28)56)27-33(53)16(6)39(59)26(35(27)55)24-20-10-19-18(11-22(48)13(3)38(19)58)23(20)30(50)14(4)31(24)51/h11,42,46-59H,7,9-10H2,1-6,8H3/b25-21-,29-12+. The molecule has 15 nitrogen and oxygen atoms in total. The van der Waals surface area contributed by atoms with Gasteiger partial charge in [-0.3, -0.25) is 0 Å².